The maximum absolute atomic E-state index is 5.84. The van der Waals surface area contributed by atoms with E-state index in [1.807, 2.05) is 19.1 Å². The van der Waals surface area contributed by atoms with Gasteiger partial charge in [-0.05, 0) is 18.6 Å². The van der Waals surface area contributed by atoms with Crippen LogP contribution in [0.4, 0.5) is 0 Å². The second-order valence-corrected chi connectivity index (χ2v) is 3.27. The van der Waals surface area contributed by atoms with Gasteiger partial charge >= 0.3 is 0 Å². The molecule has 0 bridgehead atoms. The Morgan fingerprint density at radius 1 is 1.40 bits per heavy atom. The zero-order chi connectivity index (χ0) is 11.1. The summed E-state index contributed by atoms with van der Waals surface area (Å²) < 4.78 is 10.3. The number of ether oxygens (including phenoxy) is 2. The fourth-order valence-electron chi connectivity index (χ4n) is 1.15. The minimum absolute atomic E-state index is 0.0121. The van der Waals surface area contributed by atoms with E-state index in [-0.39, 0.29) is 6.04 Å². The van der Waals surface area contributed by atoms with Crippen LogP contribution in [0.2, 0.25) is 0 Å². The van der Waals surface area contributed by atoms with E-state index in [1.165, 1.54) is 0 Å². The van der Waals surface area contributed by atoms with E-state index >= 15 is 0 Å². The van der Waals surface area contributed by atoms with Crippen molar-refractivity contribution in [3.05, 3.63) is 24.0 Å². The van der Waals surface area contributed by atoms with E-state index in [2.05, 4.69) is 4.98 Å². The molecule has 1 rings (SSSR count). The lowest BCUT2D eigenvalue weighted by atomic mass is 10.1. The first-order valence-electron chi connectivity index (χ1n) is 5.11. The van der Waals surface area contributed by atoms with Gasteiger partial charge in [-0.3, -0.25) is 4.98 Å². The van der Waals surface area contributed by atoms with Gasteiger partial charge in [0.2, 0.25) is 0 Å². The molecule has 0 amide bonds. The lowest BCUT2D eigenvalue weighted by Gasteiger charge is -2.09. The molecule has 1 heterocycles. The molecule has 0 saturated heterocycles. The maximum atomic E-state index is 5.84. The Kier molecular flexibility index (Phi) is 5.07. The van der Waals surface area contributed by atoms with Crippen LogP contribution in [0.1, 0.15) is 25.1 Å². The first-order valence-corrected chi connectivity index (χ1v) is 5.11. The van der Waals surface area contributed by atoms with Crippen LogP contribution < -0.4 is 10.5 Å². The van der Waals surface area contributed by atoms with Crippen LogP contribution in [0.15, 0.2) is 18.3 Å². The van der Waals surface area contributed by atoms with E-state index < -0.39 is 0 Å². The highest BCUT2D eigenvalue weighted by Gasteiger charge is 2.04. The van der Waals surface area contributed by atoms with Gasteiger partial charge in [0.15, 0.2) is 0 Å². The Morgan fingerprint density at radius 2 is 2.20 bits per heavy atom. The third-order valence-electron chi connectivity index (χ3n) is 2.14. The van der Waals surface area contributed by atoms with Crippen LogP contribution >= 0.6 is 0 Å². The molecule has 1 atom stereocenters. The van der Waals surface area contributed by atoms with Crippen molar-refractivity contribution in [3.8, 4) is 5.75 Å². The molecule has 2 N–H and O–H groups in total. The van der Waals surface area contributed by atoms with Gasteiger partial charge in [0.1, 0.15) is 12.4 Å². The Balaban J connectivity index is 2.49. The van der Waals surface area contributed by atoms with Crippen LogP contribution in [-0.4, -0.2) is 25.3 Å². The van der Waals surface area contributed by atoms with Crippen LogP contribution in [0.25, 0.3) is 0 Å². The summed E-state index contributed by atoms with van der Waals surface area (Å²) in [5.74, 6) is 0.749. The smallest absolute Gasteiger partial charge is 0.137 e. The summed E-state index contributed by atoms with van der Waals surface area (Å²) in [5.41, 5.74) is 6.74. The number of hydrogen-bond donors (Lipinski definition) is 1. The summed E-state index contributed by atoms with van der Waals surface area (Å²) in [7, 11) is 1.64. The Bertz CT molecular complexity index is 274. The molecule has 0 saturated carbocycles. The molecule has 4 nitrogen and oxygen atoms in total. The predicted molar refractivity (Wildman–Crippen MR) is 58.8 cm³/mol. The van der Waals surface area contributed by atoms with E-state index in [0.717, 1.165) is 17.9 Å². The van der Waals surface area contributed by atoms with Crippen molar-refractivity contribution in [1.82, 2.24) is 4.98 Å². The summed E-state index contributed by atoms with van der Waals surface area (Å²) >= 11 is 0. The number of aromatic nitrogens is 1. The standard InChI is InChI=1S/C11H18N2O2/c1-3-10(12)11-5-4-9(8-13-11)15-7-6-14-2/h4-5,8,10H,3,6-7,12H2,1-2H3. The van der Waals surface area contributed by atoms with Gasteiger partial charge in [-0.2, -0.15) is 0 Å². The van der Waals surface area contributed by atoms with Crippen molar-refractivity contribution in [1.29, 1.82) is 0 Å². The largest absolute Gasteiger partial charge is 0.490 e. The van der Waals surface area contributed by atoms with Crippen molar-refractivity contribution in [2.45, 2.75) is 19.4 Å². The number of rotatable bonds is 6. The van der Waals surface area contributed by atoms with Gasteiger partial charge in [0.05, 0.1) is 18.5 Å². The Morgan fingerprint density at radius 3 is 2.73 bits per heavy atom. The van der Waals surface area contributed by atoms with Gasteiger partial charge < -0.3 is 15.2 Å². The molecule has 0 aliphatic rings. The molecule has 0 aliphatic carbocycles. The molecule has 4 heteroatoms. The van der Waals surface area contributed by atoms with Crippen LogP contribution in [0.3, 0.4) is 0 Å². The molecule has 0 aromatic carbocycles. The molecule has 1 aromatic rings. The average Bonchev–Trinajstić information content (AvgIpc) is 2.29. The summed E-state index contributed by atoms with van der Waals surface area (Å²) in [6, 6.07) is 3.79. The maximum Gasteiger partial charge on any atom is 0.137 e. The lowest BCUT2D eigenvalue weighted by molar-refractivity contribution is 0.146. The fraction of sp³-hybridized carbons (Fsp3) is 0.545. The quantitative estimate of drug-likeness (QED) is 0.723. The Hall–Kier alpha value is -1.13. The van der Waals surface area contributed by atoms with Crippen molar-refractivity contribution in [2.75, 3.05) is 20.3 Å². The summed E-state index contributed by atoms with van der Waals surface area (Å²) in [5, 5.41) is 0. The molecule has 0 spiro atoms. The van der Waals surface area contributed by atoms with E-state index in [9.17, 15) is 0 Å². The molecule has 0 radical (unpaired) electrons. The van der Waals surface area contributed by atoms with Gasteiger partial charge in [-0.15, -0.1) is 0 Å². The number of pyridine rings is 1. The summed E-state index contributed by atoms with van der Waals surface area (Å²) in [4.78, 5) is 4.24. The molecule has 1 aromatic heterocycles. The normalized spacial score (nSPS) is 12.5. The predicted octanol–water partition coefficient (Wildman–Crippen LogP) is 1.52. The highest BCUT2D eigenvalue weighted by Crippen LogP contribution is 2.14. The Labute approximate surface area is 90.4 Å². The van der Waals surface area contributed by atoms with Gasteiger partial charge in [-0.25, -0.2) is 0 Å². The summed E-state index contributed by atoms with van der Waals surface area (Å²) in [6.07, 6.45) is 2.58. The molecular weight excluding hydrogens is 192 g/mol. The van der Waals surface area contributed by atoms with E-state index in [4.69, 9.17) is 15.2 Å². The molecule has 0 aliphatic heterocycles. The zero-order valence-electron chi connectivity index (χ0n) is 9.27. The molecule has 0 fully saturated rings. The number of nitrogens with two attached hydrogens (primary N) is 1. The SMILES string of the molecule is CCC(N)c1ccc(OCCOC)cn1. The van der Waals surface area contributed by atoms with E-state index in [0.29, 0.717) is 13.2 Å². The molecule has 84 valence electrons. The third-order valence-corrected chi connectivity index (χ3v) is 2.14. The third kappa shape index (κ3) is 3.85. The summed E-state index contributed by atoms with van der Waals surface area (Å²) in [6.45, 7) is 3.16. The fourth-order valence-corrected chi connectivity index (χ4v) is 1.15. The lowest BCUT2D eigenvalue weighted by Crippen LogP contribution is -2.10. The van der Waals surface area contributed by atoms with Gasteiger partial charge in [0, 0.05) is 13.2 Å². The van der Waals surface area contributed by atoms with Crippen LogP contribution in [-0.2, 0) is 4.74 Å². The first kappa shape index (κ1) is 11.9. The first-order chi connectivity index (χ1) is 7.27. The monoisotopic (exact) mass is 210 g/mol. The highest BCUT2D eigenvalue weighted by atomic mass is 16.5. The minimum atomic E-state index is 0.0121. The van der Waals surface area contributed by atoms with Crippen molar-refractivity contribution >= 4 is 0 Å². The molecular formula is C11H18N2O2. The molecule has 1 unspecified atom stereocenters. The van der Waals surface area contributed by atoms with Gasteiger partial charge in [-0.1, -0.05) is 6.92 Å². The van der Waals surface area contributed by atoms with Crippen LogP contribution in [0, 0.1) is 0 Å². The topological polar surface area (TPSA) is 57.4 Å². The number of hydrogen-bond acceptors (Lipinski definition) is 4. The van der Waals surface area contributed by atoms with Gasteiger partial charge in [0.25, 0.3) is 0 Å². The second kappa shape index (κ2) is 6.37. The highest BCUT2D eigenvalue weighted by molar-refractivity contribution is 5.21. The van der Waals surface area contributed by atoms with E-state index in [1.54, 1.807) is 13.3 Å². The van der Waals surface area contributed by atoms with Crippen molar-refractivity contribution in [3.63, 3.8) is 0 Å². The van der Waals surface area contributed by atoms with Crippen molar-refractivity contribution < 1.29 is 9.47 Å². The average molecular weight is 210 g/mol. The number of nitrogens with zero attached hydrogens (tertiary/aromatic N) is 1. The minimum Gasteiger partial charge on any atom is -0.490 e. The molecule has 15 heavy (non-hydrogen) atoms. The van der Waals surface area contributed by atoms with Crippen molar-refractivity contribution in [2.24, 2.45) is 5.73 Å². The second-order valence-electron chi connectivity index (χ2n) is 3.27. The van der Waals surface area contributed by atoms with Crippen LogP contribution in [0.5, 0.6) is 5.75 Å². The zero-order valence-corrected chi connectivity index (χ0v) is 9.27. The number of methoxy groups -OCH3 is 1.